The van der Waals surface area contributed by atoms with Crippen molar-refractivity contribution in [3.63, 3.8) is 0 Å². The van der Waals surface area contributed by atoms with Crippen LogP contribution in [0.25, 0.3) is 0 Å². The zero-order valence-electron chi connectivity index (χ0n) is 13.6. The Hall–Kier alpha value is -3.01. The normalized spacial score (nSPS) is 12.3. The molecule has 1 aromatic heterocycles. The third-order valence-electron chi connectivity index (χ3n) is 3.22. The number of amides is 3. The minimum absolute atomic E-state index is 0.0518. The lowest BCUT2D eigenvalue weighted by atomic mass is 10.1. The zero-order valence-corrected chi connectivity index (χ0v) is 13.6. The van der Waals surface area contributed by atoms with E-state index in [4.69, 9.17) is 4.42 Å². The van der Waals surface area contributed by atoms with Gasteiger partial charge in [0.1, 0.15) is 11.9 Å². The van der Waals surface area contributed by atoms with Crippen molar-refractivity contribution >= 4 is 23.3 Å². The molecule has 0 bridgehead atoms. The van der Waals surface area contributed by atoms with Gasteiger partial charge < -0.3 is 25.5 Å². The molecule has 0 fully saturated rings. The van der Waals surface area contributed by atoms with Gasteiger partial charge in [0.05, 0.1) is 24.1 Å². The number of anilines is 2. The fourth-order valence-corrected chi connectivity index (χ4v) is 2.11. The molecule has 1 heterocycles. The third kappa shape index (κ3) is 5.24. The molecular weight excluding hydrogens is 355 g/mol. The maximum atomic E-state index is 13.2. The highest BCUT2D eigenvalue weighted by Crippen LogP contribution is 2.36. The summed E-state index contributed by atoms with van der Waals surface area (Å²) in [6.45, 7) is 0.905. The Morgan fingerprint density at radius 2 is 1.96 bits per heavy atom. The molecule has 0 saturated carbocycles. The largest absolute Gasteiger partial charge is 0.467 e. The van der Waals surface area contributed by atoms with Crippen molar-refractivity contribution in [3.05, 3.63) is 47.9 Å². The Kier molecular flexibility index (Phi) is 5.88. The number of aliphatic hydroxyl groups is 1. The molecule has 1 atom stereocenters. The van der Waals surface area contributed by atoms with Gasteiger partial charge in [0.15, 0.2) is 0 Å². The Labute approximate surface area is 146 Å². The lowest BCUT2D eigenvalue weighted by Crippen LogP contribution is -2.33. The summed E-state index contributed by atoms with van der Waals surface area (Å²) in [4.78, 5) is 22.8. The van der Waals surface area contributed by atoms with Crippen LogP contribution >= 0.6 is 0 Å². The number of carbonyl (C=O) groups is 2. The first kappa shape index (κ1) is 19.3. The molecule has 7 nitrogen and oxygen atoms in total. The molecule has 0 saturated heterocycles. The number of hydrogen-bond donors (Lipinski definition) is 4. The van der Waals surface area contributed by atoms with E-state index in [2.05, 4.69) is 16.0 Å². The molecule has 0 spiro atoms. The van der Waals surface area contributed by atoms with Gasteiger partial charge in [0.25, 0.3) is 0 Å². The van der Waals surface area contributed by atoms with E-state index in [9.17, 15) is 27.9 Å². The van der Waals surface area contributed by atoms with E-state index in [1.165, 1.54) is 18.4 Å². The second-order valence-electron chi connectivity index (χ2n) is 5.31. The lowest BCUT2D eigenvalue weighted by molar-refractivity contribution is -0.137. The van der Waals surface area contributed by atoms with Gasteiger partial charge in [-0.2, -0.15) is 13.2 Å². The van der Waals surface area contributed by atoms with Gasteiger partial charge in [-0.1, -0.05) is 0 Å². The summed E-state index contributed by atoms with van der Waals surface area (Å²) >= 11 is 0. The summed E-state index contributed by atoms with van der Waals surface area (Å²) < 4.78 is 44.5. The van der Waals surface area contributed by atoms with Crippen LogP contribution in [0.3, 0.4) is 0 Å². The number of benzene rings is 1. The summed E-state index contributed by atoms with van der Waals surface area (Å²) in [5.41, 5.74) is -1.66. The number of carbonyl (C=O) groups excluding carboxylic acids is 2. The Morgan fingerprint density at radius 1 is 1.23 bits per heavy atom. The van der Waals surface area contributed by atoms with Crippen LogP contribution in [0.1, 0.15) is 24.4 Å². The minimum Gasteiger partial charge on any atom is -0.467 e. The molecule has 0 aliphatic heterocycles. The monoisotopic (exact) mass is 371 g/mol. The van der Waals surface area contributed by atoms with Crippen molar-refractivity contribution < 1.29 is 32.3 Å². The molecule has 1 aromatic carbocycles. The first-order valence-electron chi connectivity index (χ1n) is 7.42. The van der Waals surface area contributed by atoms with E-state index in [0.717, 1.165) is 13.0 Å². The van der Waals surface area contributed by atoms with E-state index in [0.29, 0.717) is 6.07 Å². The van der Waals surface area contributed by atoms with Crippen LogP contribution < -0.4 is 16.0 Å². The zero-order chi connectivity index (χ0) is 19.3. The maximum absolute atomic E-state index is 13.2. The van der Waals surface area contributed by atoms with Gasteiger partial charge in [-0.05, 0) is 30.3 Å². The number of hydrogen-bond acceptors (Lipinski definition) is 4. The quantitative estimate of drug-likeness (QED) is 0.648. The maximum Gasteiger partial charge on any atom is 0.418 e. The first-order valence-corrected chi connectivity index (χ1v) is 7.42. The summed E-state index contributed by atoms with van der Waals surface area (Å²) in [5.74, 6) is -0.315. The van der Waals surface area contributed by atoms with Crippen LogP contribution in [0.4, 0.5) is 29.3 Å². The highest BCUT2D eigenvalue weighted by atomic mass is 19.4. The summed E-state index contributed by atoms with van der Waals surface area (Å²) in [5, 5.41) is 16.3. The lowest BCUT2D eigenvalue weighted by Gasteiger charge is -2.16. The van der Waals surface area contributed by atoms with Crippen molar-refractivity contribution in [1.82, 2.24) is 5.32 Å². The predicted octanol–water partition coefficient (Wildman–Crippen LogP) is 3.11. The van der Waals surface area contributed by atoms with Crippen molar-refractivity contribution in [3.8, 4) is 0 Å². The molecule has 10 heteroatoms. The molecule has 2 aromatic rings. The van der Waals surface area contributed by atoms with Gasteiger partial charge in [-0.15, -0.1) is 0 Å². The minimum atomic E-state index is -4.75. The van der Waals surface area contributed by atoms with Crippen molar-refractivity contribution in [2.75, 3.05) is 17.2 Å². The van der Waals surface area contributed by atoms with E-state index in [1.807, 2.05) is 0 Å². The molecule has 0 aliphatic rings. The molecule has 1 unspecified atom stereocenters. The number of aliphatic hydroxyl groups excluding tert-OH is 1. The average molecular weight is 371 g/mol. The van der Waals surface area contributed by atoms with E-state index in [-0.39, 0.29) is 18.0 Å². The average Bonchev–Trinajstić information content (AvgIpc) is 3.07. The Bertz CT molecular complexity index is 776. The fraction of sp³-hybridized carbons (Fsp3) is 0.250. The van der Waals surface area contributed by atoms with E-state index in [1.54, 1.807) is 6.07 Å². The van der Waals surface area contributed by atoms with Crippen molar-refractivity contribution in [1.29, 1.82) is 0 Å². The molecule has 26 heavy (non-hydrogen) atoms. The number of alkyl halides is 3. The molecule has 140 valence electrons. The predicted molar refractivity (Wildman–Crippen MR) is 86.4 cm³/mol. The van der Waals surface area contributed by atoms with Crippen LogP contribution in [0, 0.1) is 0 Å². The molecular formula is C16H16F3N3O4. The Morgan fingerprint density at radius 3 is 2.54 bits per heavy atom. The van der Waals surface area contributed by atoms with Crippen molar-refractivity contribution in [2.45, 2.75) is 19.2 Å². The second kappa shape index (κ2) is 7.91. The molecule has 0 aliphatic carbocycles. The number of rotatable bonds is 5. The highest BCUT2D eigenvalue weighted by molar-refractivity contribution is 5.92. The Balaban J connectivity index is 2.07. The number of furan rings is 1. The van der Waals surface area contributed by atoms with E-state index >= 15 is 0 Å². The molecule has 4 N–H and O–H groups in total. The van der Waals surface area contributed by atoms with Crippen LogP contribution in [-0.2, 0) is 11.0 Å². The van der Waals surface area contributed by atoms with Crippen LogP contribution in [-0.4, -0.2) is 23.6 Å². The third-order valence-corrected chi connectivity index (χ3v) is 3.22. The van der Waals surface area contributed by atoms with Gasteiger partial charge in [0, 0.05) is 12.6 Å². The standard InChI is InChI=1S/C16H16F3N3O4/c1-9(23)21-10-4-5-12(11(7-10)16(17,18)19)22-15(25)20-8-13(24)14-3-2-6-26-14/h2-7,13,24H,8H2,1H3,(H,21,23)(H2,20,22,25). The van der Waals surface area contributed by atoms with Crippen LogP contribution in [0.2, 0.25) is 0 Å². The van der Waals surface area contributed by atoms with Gasteiger partial charge in [-0.3, -0.25) is 4.79 Å². The molecule has 2 rings (SSSR count). The summed E-state index contributed by atoms with van der Waals surface area (Å²) in [6, 6.07) is 5.07. The fourth-order valence-electron chi connectivity index (χ4n) is 2.11. The summed E-state index contributed by atoms with van der Waals surface area (Å²) in [7, 11) is 0. The van der Waals surface area contributed by atoms with Gasteiger partial charge in [-0.25, -0.2) is 4.79 Å². The second-order valence-corrected chi connectivity index (χ2v) is 5.31. The number of halogens is 3. The SMILES string of the molecule is CC(=O)Nc1ccc(NC(=O)NCC(O)c2ccco2)c(C(F)(F)F)c1. The highest BCUT2D eigenvalue weighted by Gasteiger charge is 2.34. The number of nitrogens with one attached hydrogen (secondary N) is 3. The summed E-state index contributed by atoms with van der Waals surface area (Å²) in [6.07, 6.45) is -4.55. The first-order chi connectivity index (χ1) is 12.2. The van der Waals surface area contributed by atoms with E-state index < -0.39 is 35.5 Å². The van der Waals surface area contributed by atoms with Crippen LogP contribution in [0.5, 0.6) is 0 Å². The smallest absolute Gasteiger partial charge is 0.418 e. The topological polar surface area (TPSA) is 104 Å². The van der Waals surface area contributed by atoms with Crippen molar-refractivity contribution in [2.24, 2.45) is 0 Å². The number of urea groups is 1. The molecule has 0 radical (unpaired) electrons. The van der Waals surface area contributed by atoms with Gasteiger partial charge in [0.2, 0.25) is 5.91 Å². The molecule has 3 amide bonds. The van der Waals surface area contributed by atoms with Gasteiger partial charge >= 0.3 is 12.2 Å². The van der Waals surface area contributed by atoms with Crippen LogP contribution in [0.15, 0.2) is 41.0 Å².